The fourth-order valence-corrected chi connectivity index (χ4v) is 3.99. The van der Waals surface area contributed by atoms with E-state index >= 15 is 0 Å². The highest BCUT2D eigenvalue weighted by Crippen LogP contribution is 2.34. The van der Waals surface area contributed by atoms with Gasteiger partial charge in [0.1, 0.15) is 10.8 Å². The molecule has 0 radical (unpaired) electrons. The molecule has 0 aliphatic rings. The van der Waals surface area contributed by atoms with Crippen LogP contribution in [0.5, 0.6) is 0 Å². The number of hydrogen-bond donors (Lipinski definition) is 1. The molecule has 0 atom stereocenters. The number of halogens is 1. The molecule has 0 spiro atoms. The molecule has 4 rings (SSSR count). The predicted molar refractivity (Wildman–Crippen MR) is 108 cm³/mol. The van der Waals surface area contributed by atoms with Crippen LogP contribution in [-0.4, -0.2) is 5.91 Å². The van der Waals surface area contributed by atoms with E-state index in [9.17, 15) is 14.0 Å². The van der Waals surface area contributed by atoms with Gasteiger partial charge in [0, 0.05) is 21.2 Å². The Bertz CT molecular complexity index is 1200. The second-order valence-corrected chi connectivity index (χ2v) is 6.98. The van der Waals surface area contributed by atoms with Crippen molar-refractivity contribution < 1.29 is 9.18 Å². The van der Waals surface area contributed by atoms with E-state index in [2.05, 4.69) is 5.32 Å². The maximum absolute atomic E-state index is 14.4. The summed E-state index contributed by atoms with van der Waals surface area (Å²) in [6.45, 7) is 0. The molecule has 5 heteroatoms. The van der Waals surface area contributed by atoms with E-state index < -0.39 is 5.82 Å². The number of hydrogen-bond acceptors (Lipinski definition) is 3. The molecule has 0 bridgehead atoms. The van der Waals surface area contributed by atoms with Gasteiger partial charge in [-0.3, -0.25) is 9.59 Å². The summed E-state index contributed by atoms with van der Waals surface area (Å²) in [7, 11) is 0. The van der Waals surface area contributed by atoms with Gasteiger partial charge in [-0.25, -0.2) is 4.39 Å². The number of nitrogens with one attached hydrogen (secondary N) is 1. The molecule has 3 nitrogen and oxygen atoms in total. The highest BCUT2D eigenvalue weighted by molar-refractivity contribution is 7.22. The molecule has 4 aromatic rings. The summed E-state index contributed by atoms with van der Waals surface area (Å²) in [5.41, 5.74) is 0.497. The van der Waals surface area contributed by atoms with Gasteiger partial charge in [-0.05, 0) is 30.3 Å². The van der Waals surface area contributed by atoms with Crippen LogP contribution in [0.2, 0.25) is 0 Å². The quantitative estimate of drug-likeness (QED) is 0.527. The molecule has 0 unspecified atom stereocenters. The van der Waals surface area contributed by atoms with Crippen molar-refractivity contribution in [1.82, 2.24) is 0 Å². The van der Waals surface area contributed by atoms with Crippen molar-refractivity contribution in [3.8, 4) is 11.1 Å². The van der Waals surface area contributed by atoms with Crippen LogP contribution >= 0.6 is 11.3 Å². The van der Waals surface area contributed by atoms with Gasteiger partial charge in [-0.15, -0.1) is 11.3 Å². The maximum atomic E-state index is 14.4. The van der Waals surface area contributed by atoms with E-state index in [4.69, 9.17) is 0 Å². The number of carbonyl (C=O) groups excluding carboxylic acids is 1. The predicted octanol–water partition coefficient (Wildman–Crippen LogP) is 5.32. The molecular weight excluding hydrogens is 361 g/mol. The van der Waals surface area contributed by atoms with Crippen LogP contribution in [0.1, 0.15) is 10.4 Å². The first-order valence-corrected chi connectivity index (χ1v) is 9.14. The van der Waals surface area contributed by atoms with Gasteiger partial charge in [0.25, 0.3) is 5.91 Å². The van der Waals surface area contributed by atoms with Gasteiger partial charge in [0.15, 0.2) is 5.43 Å². The van der Waals surface area contributed by atoms with Crippen molar-refractivity contribution in [1.29, 1.82) is 0 Å². The molecule has 0 saturated heterocycles. The number of benzene rings is 3. The van der Waals surface area contributed by atoms with E-state index in [-0.39, 0.29) is 22.5 Å². The third-order valence-corrected chi connectivity index (χ3v) is 5.29. The Morgan fingerprint density at radius 2 is 1.52 bits per heavy atom. The molecule has 0 fully saturated rings. The first kappa shape index (κ1) is 17.1. The fourth-order valence-electron chi connectivity index (χ4n) is 2.90. The molecular formula is C22H14FNO2S. The average Bonchev–Trinajstić information content (AvgIpc) is 2.70. The SMILES string of the molecule is O=C(Nc1sc2ccccc2c(=O)c1-c1ccccc1F)c1ccccc1. The Balaban J connectivity index is 1.93. The molecule has 0 aliphatic carbocycles. The Kier molecular flexibility index (Phi) is 4.52. The number of fused-ring (bicyclic) bond motifs is 1. The molecule has 3 aromatic carbocycles. The monoisotopic (exact) mass is 375 g/mol. The van der Waals surface area contributed by atoms with Crippen LogP contribution in [0.15, 0.2) is 83.7 Å². The zero-order valence-electron chi connectivity index (χ0n) is 14.1. The minimum atomic E-state index is -0.507. The zero-order valence-corrected chi connectivity index (χ0v) is 14.9. The summed E-state index contributed by atoms with van der Waals surface area (Å²) in [6, 6.07) is 21.9. The van der Waals surface area contributed by atoms with E-state index in [1.165, 1.54) is 17.4 Å². The van der Waals surface area contributed by atoms with Gasteiger partial charge in [-0.2, -0.15) is 0 Å². The van der Waals surface area contributed by atoms with Gasteiger partial charge >= 0.3 is 0 Å². The summed E-state index contributed by atoms with van der Waals surface area (Å²) >= 11 is 1.26. The highest BCUT2D eigenvalue weighted by atomic mass is 32.1. The third-order valence-electron chi connectivity index (χ3n) is 4.20. The molecule has 1 aromatic heterocycles. The average molecular weight is 375 g/mol. The summed E-state index contributed by atoms with van der Waals surface area (Å²) < 4.78 is 15.2. The number of amides is 1. The molecule has 0 aliphatic heterocycles. The summed E-state index contributed by atoms with van der Waals surface area (Å²) in [4.78, 5) is 25.7. The van der Waals surface area contributed by atoms with Gasteiger partial charge in [-0.1, -0.05) is 48.5 Å². The number of anilines is 1. The molecule has 27 heavy (non-hydrogen) atoms. The third kappa shape index (κ3) is 3.25. The van der Waals surface area contributed by atoms with Crippen molar-refractivity contribution in [2.24, 2.45) is 0 Å². The van der Waals surface area contributed by atoms with E-state index in [0.29, 0.717) is 16.0 Å². The topological polar surface area (TPSA) is 46.2 Å². The van der Waals surface area contributed by atoms with Crippen LogP contribution in [0, 0.1) is 5.82 Å². The molecule has 1 heterocycles. The molecule has 132 valence electrons. The largest absolute Gasteiger partial charge is 0.313 e. The van der Waals surface area contributed by atoms with Crippen molar-refractivity contribution in [2.75, 3.05) is 5.32 Å². The van der Waals surface area contributed by atoms with Crippen LogP contribution in [0.3, 0.4) is 0 Å². The standard InChI is InChI=1S/C22H14FNO2S/c23-17-12-6-4-10-15(17)19-20(25)16-11-5-7-13-18(16)27-22(19)24-21(26)14-8-2-1-3-9-14/h1-13H,(H,24,26). The van der Waals surface area contributed by atoms with E-state index in [1.54, 1.807) is 54.6 Å². The Hall–Kier alpha value is -3.31. The molecule has 1 amide bonds. The van der Waals surface area contributed by atoms with Crippen LogP contribution in [-0.2, 0) is 0 Å². The van der Waals surface area contributed by atoms with Gasteiger partial charge in [0.05, 0.1) is 5.56 Å². The van der Waals surface area contributed by atoms with Crippen LogP contribution < -0.4 is 10.7 Å². The maximum Gasteiger partial charge on any atom is 0.256 e. The number of rotatable bonds is 3. The lowest BCUT2D eigenvalue weighted by Gasteiger charge is -2.12. The lowest BCUT2D eigenvalue weighted by molar-refractivity contribution is 0.102. The van der Waals surface area contributed by atoms with E-state index in [0.717, 1.165) is 4.70 Å². The van der Waals surface area contributed by atoms with Crippen LogP contribution in [0.4, 0.5) is 9.39 Å². The summed E-state index contributed by atoms with van der Waals surface area (Å²) in [5, 5.41) is 3.63. The first-order valence-electron chi connectivity index (χ1n) is 8.32. The first-order chi connectivity index (χ1) is 13.1. The van der Waals surface area contributed by atoms with Crippen molar-refractivity contribution in [2.45, 2.75) is 0 Å². The fraction of sp³-hybridized carbons (Fsp3) is 0. The lowest BCUT2D eigenvalue weighted by Crippen LogP contribution is -2.15. The van der Waals surface area contributed by atoms with E-state index in [1.807, 2.05) is 18.2 Å². The second-order valence-electron chi connectivity index (χ2n) is 5.93. The minimum Gasteiger partial charge on any atom is -0.313 e. The zero-order chi connectivity index (χ0) is 18.8. The van der Waals surface area contributed by atoms with Crippen molar-refractivity contribution in [3.05, 3.63) is 100 Å². The summed E-state index contributed by atoms with van der Waals surface area (Å²) in [6.07, 6.45) is 0. The minimum absolute atomic E-state index is 0.168. The summed E-state index contributed by atoms with van der Waals surface area (Å²) in [5.74, 6) is -0.855. The smallest absolute Gasteiger partial charge is 0.256 e. The molecule has 1 N–H and O–H groups in total. The molecule has 0 saturated carbocycles. The normalized spacial score (nSPS) is 10.7. The van der Waals surface area contributed by atoms with Gasteiger partial charge in [0.2, 0.25) is 0 Å². The Labute approximate surface area is 158 Å². The van der Waals surface area contributed by atoms with Crippen molar-refractivity contribution in [3.63, 3.8) is 0 Å². The Morgan fingerprint density at radius 3 is 2.30 bits per heavy atom. The highest BCUT2D eigenvalue weighted by Gasteiger charge is 2.19. The number of carbonyl (C=O) groups is 1. The Morgan fingerprint density at radius 1 is 0.852 bits per heavy atom. The van der Waals surface area contributed by atoms with Crippen LogP contribution in [0.25, 0.3) is 21.2 Å². The van der Waals surface area contributed by atoms with Crippen molar-refractivity contribution >= 4 is 32.3 Å². The lowest BCUT2D eigenvalue weighted by atomic mass is 10.0. The van der Waals surface area contributed by atoms with Gasteiger partial charge < -0.3 is 5.32 Å². The second kappa shape index (κ2) is 7.13.